The first-order valence-corrected chi connectivity index (χ1v) is 9.00. The zero-order valence-electron chi connectivity index (χ0n) is 15.2. The van der Waals surface area contributed by atoms with Gasteiger partial charge in [-0.1, -0.05) is 31.5 Å². The van der Waals surface area contributed by atoms with E-state index in [1.807, 2.05) is 49.4 Å². The number of unbranched alkanes of at least 4 members (excludes halogenated alkanes) is 1. The molecule has 5 heteroatoms. The average molecular weight is 352 g/mol. The molecule has 0 atom stereocenters. The van der Waals surface area contributed by atoms with Crippen molar-refractivity contribution in [2.45, 2.75) is 33.1 Å². The van der Waals surface area contributed by atoms with Gasteiger partial charge in [-0.15, -0.1) is 0 Å². The number of hydrogen-bond acceptors (Lipinski definition) is 4. The van der Waals surface area contributed by atoms with Crippen LogP contribution in [0, 0.1) is 6.92 Å². The highest BCUT2D eigenvalue weighted by Crippen LogP contribution is 2.32. The van der Waals surface area contributed by atoms with Crippen LogP contribution < -0.4 is 15.0 Å². The maximum atomic E-state index is 12.4. The molecule has 2 aromatic carbocycles. The summed E-state index contributed by atoms with van der Waals surface area (Å²) in [5.74, 6) is -0.00182. The van der Waals surface area contributed by atoms with Crippen LogP contribution >= 0.6 is 0 Å². The molecule has 1 aliphatic rings. The molecular formula is C21H24N2O3. The number of benzene rings is 2. The summed E-state index contributed by atoms with van der Waals surface area (Å²) in [4.78, 5) is 26.0. The van der Waals surface area contributed by atoms with Crippen molar-refractivity contribution in [3.63, 3.8) is 0 Å². The van der Waals surface area contributed by atoms with Gasteiger partial charge in [0.15, 0.2) is 5.75 Å². The molecule has 0 saturated carbocycles. The molecule has 1 aliphatic heterocycles. The monoisotopic (exact) mass is 352 g/mol. The smallest absolute Gasteiger partial charge is 0.331 e. The van der Waals surface area contributed by atoms with Crippen molar-refractivity contribution >= 4 is 23.3 Å². The quantitative estimate of drug-likeness (QED) is 0.636. The van der Waals surface area contributed by atoms with Gasteiger partial charge in [-0.25, -0.2) is 4.79 Å². The lowest BCUT2D eigenvalue weighted by Gasteiger charge is -2.29. The van der Waals surface area contributed by atoms with E-state index < -0.39 is 0 Å². The van der Waals surface area contributed by atoms with Gasteiger partial charge in [0.2, 0.25) is 5.91 Å². The van der Waals surface area contributed by atoms with Crippen molar-refractivity contribution in [2.75, 3.05) is 23.3 Å². The largest absolute Gasteiger partial charge is 0.423 e. The fourth-order valence-corrected chi connectivity index (χ4v) is 3.01. The van der Waals surface area contributed by atoms with Gasteiger partial charge in [0.05, 0.1) is 12.2 Å². The maximum absolute atomic E-state index is 12.4. The molecule has 0 bridgehead atoms. The standard InChI is InChI=1S/C21H24N2O3/c1-3-4-5-16-7-9-17(10-8-16)22-20(24)13-23-14-21(25)26-19-12-15(2)6-11-18(19)23/h6-12H,3-5,13-14H2,1-2H3,(H,22,24). The summed E-state index contributed by atoms with van der Waals surface area (Å²) >= 11 is 0. The summed E-state index contributed by atoms with van der Waals surface area (Å²) in [5.41, 5.74) is 3.80. The molecule has 1 heterocycles. The van der Waals surface area contributed by atoms with Gasteiger partial charge in [-0.2, -0.15) is 0 Å². The van der Waals surface area contributed by atoms with Crippen molar-refractivity contribution in [2.24, 2.45) is 0 Å². The van der Waals surface area contributed by atoms with Crippen molar-refractivity contribution in [3.05, 3.63) is 53.6 Å². The molecule has 0 saturated heterocycles. The molecule has 0 aromatic heterocycles. The Bertz CT molecular complexity index is 799. The third kappa shape index (κ3) is 4.42. The normalized spacial score (nSPS) is 13.2. The highest BCUT2D eigenvalue weighted by molar-refractivity contribution is 5.96. The highest BCUT2D eigenvalue weighted by Gasteiger charge is 2.25. The van der Waals surface area contributed by atoms with E-state index in [0.717, 1.165) is 36.2 Å². The third-order valence-electron chi connectivity index (χ3n) is 4.39. The number of aryl methyl sites for hydroxylation is 2. The van der Waals surface area contributed by atoms with Gasteiger partial charge >= 0.3 is 5.97 Å². The minimum atomic E-state index is -0.351. The molecule has 0 spiro atoms. The second-order valence-corrected chi connectivity index (χ2v) is 6.65. The lowest BCUT2D eigenvalue weighted by atomic mass is 10.1. The predicted molar refractivity (Wildman–Crippen MR) is 103 cm³/mol. The molecule has 0 unspecified atom stereocenters. The fraction of sp³-hybridized carbons (Fsp3) is 0.333. The minimum absolute atomic E-state index is 0.0689. The van der Waals surface area contributed by atoms with E-state index in [1.54, 1.807) is 4.90 Å². The van der Waals surface area contributed by atoms with Crippen LogP contribution in [0.25, 0.3) is 0 Å². The Morgan fingerprint density at radius 3 is 2.69 bits per heavy atom. The molecule has 0 fully saturated rings. The molecule has 5 nitrogen and oxygen atoms in total. The second-order valence-electron chi connectivity index (χ2n) is 6.65. The summed E-state index contributed by atoms with van der Waals surface area (Å²) in [5, 5.41) is 2.90. The number of ether oxygens (including phenoxy) is 1. The Morgan fingerprint density at radius 2 is 1.96 bits per heavy atom. The molecule has 0 radical (unpaired) electrons. The molecule has 1 N–H and O–H groups in total. The minimum Gasteiger partial charge on any atom is -0.423 e. The molecule has 136 valence electrons. The zero-order chi connectivity index (χ0) is 18.5. The third-order valence-corrected chi connectivity index (χ3v) is 4.39. The number of nitrogens with zero attached hydrogens (tertiary/aromatic N) is 1. The lowest BCUT2D eigenvalue weighted by molar-refractivity contribution is -0.133. The topological polar surface area (TPSA) is 58.6 Å². The van der Waals surface area contributed by atoms with Gasteiger partial charge in [0, 0.05) is 5.69 Å². The van der Waals surface area contributed by atoms with Crippen LogP contribution in [-0.4, -0.2) is 25.0 Å². The number of fused-ring (bicyclic) bond motifs is 1. The number of anilines is 2. The number of carbonyl (C=O) groups excluding carboxylic acids is 2. The van der Waals surface area contributed by atoms with E-state index in [4.69, 9.17) is 4.74 Å². The summed E-state index contributed by atoms with van der Waals surface area (Å²) in [6.45, 7) is 4.27. The van der Waals surface area contributed by atoms with Crippen molar-refractivity contribution in [1.29, 1.82) is 0 Å². The van der Waals surface area contributed by atoms with Gasteiger partial charge in [0.1, 0.15) is 6.54 Å². The van der Waals surface area contributed by atoms with Crippen molar-refractivity contribution < 1.29 is 14.3 Å². The van der Waals surface area contributed by atoms with Crippen LogP contribution in [-0.2, 0) is 16.0 Å². The Balaban J connectivity index is 1.64. The molecule has 0 aliphatic carbocycles. The fourth-order valence-electron chi connectivity index (χ4n) is 3.01. The highest BCUT2D eigenvalue weighted by atomic mass is 16.5. The van der Waals surface area contributed by atoms with Crippen molar-refractivity contribution in [3.8, 4) is 5.75 Å². The number of hydrogen-bond donors (Lipinski definition) is 1. The lowest BCUT2D eigenvalue weighted by Crippen LogP contribution is -2.41. The Kier molecular flexibility index (Phi) is 5.56. The van der Waals surface area contributed by atoms with Gasteiger partial charge in [0.25, 0.3) is 0 Å². The molecule has 3 rings (SSSR count). The van der Waals surface area contributed by atoms with Gasteiger partial charge in [-0.05, 0) is 55.2 Å². The zero-order valence-corrected chi connectivity index (χ0v) is 15.2. The van der Waals surface area contributed by atoms with Gasteiger partial charge in [-0.3, -0.25) is 4.79 Å². The molecule has 26 heavy (non-hydrogen) atoms. The number of esters is 1. The molecule has 2 aromatic rings. The Hall–Kier alpha value is -2.82. The first-order chi connectivity index (χ1) is 12.5. The Labute approximate surface area is 154 Å². The summed E-state index contributed by atoms with van der Waals surface area (Å²) in [6.07, 6.45) is 3.38. The second kappa shape index (κ2) is 8.04. The van der Waals surface area contributed by atoms with Crippen LogP contribution in [0.4, 0.5) is 11.4 Å². The maximum Gasteiger partial charge on any atom is 0.331 e. The summed E-state index contributed by atoms with van der Waals surface area (Å²) < 4.78 is 5.28. The van der Waals surface area contributed by atoms with Crippen LogP contribution in [0.15, 0.2) is 42.5 Å². The first-order valence-electron chi connectivity index (χ1n) is 9.00. The van der Waals surface area contributed by atoms with Gasteiger partial charge < -0.3 is 15.0 Å². The SMILES string of the molecule is CCCCc1ccc(NC(=O)CN2CC(=O)Oc3cc(C)ccc32)cc1. The summed E-state index contributed by atoms with van der Waals surface area (Å²) in [6, 6.07) is 13.6. The van der Waals surface area contributed by atoms with Crippen molar-refractivity contribution in [1.82, 2.24) is 0 Å². The summed E-state index contributed by atoms with van der Waals surface area (Å²) in [7, 11) is 0. The van der Waals surface area contributed by atoms with E-state index in [9.17, 15) is 9.59 Å². The Morgan fingerprint density at radius 1 is 1.19 bits per heavy atom. The van der Waals surface area contributed by atoms with E-state index in [0.29, 0.717) is 5.75 Å². The van der Waals surface area contributed by atoms with E-state index in [-0.39, 0.29) is 25.0 Å². The average Bonchev–Trinajstić information content (AvgIpc) is 2.60. The van der Waals surface area contributed by atoms with E-state index in [2.05, 4.69) is 12.2 Å². The van der Waals surface area contributed by atoms with E-state index in [1.165, 1.54) is 5.56 Å². The number of nitrogens with one attached hydrogen (secondary N) is 1. The molecule has 1 amide bonds. The predicted octanol–water partition coefficient (Wildman–Crippen LogP) is 3.70. The van der Waals surface area contributed by atoms with E-state index >= 15 is 0 Å². The van der Waals surface area contributed by atoms with Crippen LogP contribution in [0.3, 0.4) is 0 Å². The number of carbonyl (C=O) groups is 2. The van der Waals surface area contributed by atoms with Crippen LogP contribution in [0.2, 0.25) is 0 Å². The number of amides is 1. The van der Waals surface area contributed by atoms with Crippen LogP contribution in [0.1, 0.15) is 30.9 Å². The molecular weight excluding hydrogens is 328 g/mol. The van der Waals surface area contributed by atoms with Crippen LogP contribution in [0.5, 0.6) is 5.75 Å². The number of rotatable bonds is 6. The first kappa shape index (κ1) is 18.0.